The van der Waals surface area contributed by atoms with Crippen LogP contribution in [-0.2, 0) is 6.61 Å². The lowest BCUT2D eigenvalue weighted by atomic mass is 10.1. The van der Waals surface area contributed by atoms with E-state index >= 15 is 0 Å². The predicted molar refractivity (Wildman–Crippen MR) is 113 cm³/mol. The lowest BCUT2D eigenvalue weighted by Gasteiger charge is -2.08. The van der Waals surface area contributed by atoms with E-state index in [1.807, 2.05) is 6.07 Å². The van der Waals surface area contributed by atoms with Crippen LogP contribution in [0.4, 0.5) is 13.2 Å². The van der Waals surface area contributed by atoms with E-state index in [4.69, 9.17) is 14.4 Å². The third kappa shape index (κ3) is 5.38. The number of rotatable bonds is 5. The molecule has 0 saturated heterocycles. The Morgan fingerprint density at radius 2 is 1.64 bits per heavy atom. The number of nitriles is 1. The molecule has 0 bridgehead atoms. The van der Waals surface area contributed by atoms with E-state index in [1.165, 1.54) is 12.1 Å². The zero-order valence-electron chi connectivity index (χ0n) is 16.9. The summed E-state index contributed by atoms with van der Waals surface area (Å²) in [6.45, 7) is -0.0562. The molecule has 162 valence electrons. The minimum Gasteiger partial charge on any atom is -0.489 e. The van der Waals surface area contributed by atoms with E-state index in [9.17, 15) is 13.2 Å². The molecule has 8 heteroatoms. The summed E-state index contributed by atoms with van der Waals surface area (Å²) in [6.07, 6.45) is -2.90. The van der Waals surface area contributed by atoms with Gasteiger partial charge in [0.15, 0.2) is 0 Å². The smallest absolute Gasteiger partial charge is 0.314 e. The zero-order valence-corrected chi connectivity index (χ0v) is 16.9. The van der Waals surface area contributed by atoms with Gasteiger partial charge in [0.1, 0.15) is 18.2 Å². The van der Waals surface area contributed by atoms with Crippen molar-refractivity contribution in [2.75, 3.05) is 0 Å². The molecule has 0 saturated carbocycles. The summed E-state index contributed by atoms with van der Waals surface area (Å²) in [5.74, 6) is 4.88. The SMILES string of the molecule is N#Cc1cccc(C#Cc2cccc(OCc3ccc(-c4nnc(C(F)F)o4)cc3F)c2)c1. The lowest BCUT2D eigenvalue weighted by Crippen LogP contribution is -1.99. The van der Waals surface area contributed by atoms with Gasteiger partial charge < -0.3 is 9.15 Å². The first-order valence-electron chi connectivity index (χ1n) is 9.67. The van der Waals surface area contributed by atoms with Crippen LogP contribution in [0.25, 0.3) is 11.5 Å². The quantitative estimate of drug-likeness (QED) is 0.371. The van der Waals surface area contributed by atoms with Crippen LogP contribution in [0.1, 0.15) is 34.6 Å². The molecule has 4 rings (SSSR count). The Balaban J connectivity index is 1.44. The molecule has 33 heavy (non-hydrogen) atoms. The number of hydrogen-bond acceptors (Lipinski definition) is 5. The number of ether oxygens (including phenoxy) is 1. The molecular weight excluding hydrogens is 431 g/mol. The number of hydrogen-bond donors (Lipinski definition) is 0. The Morgan fingerprint density at radius 1 is 0.909 bits per heavy atom. The van der Waals surface area contributed by atoms with E-state index < -0.39 is 18.1 Å². The minimum atomic E-state index is -2.90. The zero-order chi connectivity index (χ0) is 23.2. The number of aromatic nitrogens is 2. The molecule has 3 aromatic carbocycles. The molecule has 0 atom stereocenters. The maximum Gasteiger partial charge on any atom is 0.314 e. The fourth-order valence-corrected chi connectivity index (χ4v) is 2.87. The molecule has 0 unspecified atom stereocenters. The third-order valence-electron chi connectivity index (χ3n) is 4.50. The first-order valence-corrected chi connectivity index (χ1v) is 9.67. The molecule has 0 N–H and O–H groups in total. The molecule has 1 heterocycles. The van der Waals surface area contributed by atoms with Gasteiger partial charge in [-0.15, -0.1) is 10.2 Å². The summed E-state index contributed by atoms with van der Waals surface area (Å²) in [6, 6.07) is 20.1. The van der Waals surface area contributed by atoms with Crippen molar-refractivity contribution in [3.05, 3.63) is 101 Å². The van der Waals surface area contributed by atoms with Crippen LogP contribution in [0.15, 0.2) is 71.1 Å². The largest absolute Gasteiger partial charge is 0.489 e. The van der Waals surface area contributed by atoms with Crippen molar-refractivity contribution >= 4 is 0 Å². The van der Waals surface area contributed by atoms with Crippen molar-refractivity contribution in [1.29, 1.82) is 5.26 Å². The number of alkyl halides is 2. The monoisotopic (exact) mass is 445 g/mol. The van der Waals surface area contributed by atoms with Gasteiger partial charge in [-0.1, -0.05) is 30.0 Å². The Hall–Kier alpha value is -4.56. The van der Waals surface area contributed by atoms with Crippen molar-refractivity contribution in [3.8, 4) is 35.1 Å². The number of benzene rings is 3. The minimum absolute atomic E-state index is 0.0562. The van der Waals surface area contributed by atoms with Gasteiger partial charge in [-0.05, 0) is 48.5 Å². The summed E-state index contributed by atoms with van der Waals surface area (Å²) in [4.78, 5) is 0. The highest BCUT2D eigenvalue weighted by atomic mass is 19.3. The standard InChI is InChI=1S/C25H14F3N3O2/c26-22-13-19(24-30-31-25(33-24)23(27)28)9-10-20(22)15-32-21-6-2-4-17(12-21)8-7-16-3-1-5-18(11-16)14-29/h1-6,9-13,23H,15H2. The van der Waals surface area contributed by atoms with E-state index in [2.05, 4.69) is 28.1 Å². The van der Waals surface area contributed by atoms with E-state index in [-0.39, 0.29) is 23.6 Å². The van der Waals surface area contributed by atoms with Crippen LogP contribution in [0, 0.1) is 29.0 Å². The normalized spacial score (nSPS) is 10.4. The van der Waals surface area contributed by atoms with Gasteiger partial charge >= 0.3 is 6.43 Å². The van der Waals surface area contributed by atoms with Crippen molar-refractivity contribution in [3.63, 3.8) is 0 Å². The Morgan fingerprint density at radius 3 is 2.33 bits per heavy atom. The van der Waals surface area contributed by atoms with Gasteiger partial charge in [-0.3, -0.25) is 0 Å². The Kier molecular flexibility index (Phi) is 6.38. The van der Waals surface area contributed by atoms with Crippen LogP contribution in [-0.4, -0.2) is 10.2 Å². The van der Waals surface area contributed by atoms with E-state index in [0.29, 0.717) is 22.4 Å². The van der Waals surface area contributed by atoms with Gasteiger partial charge in [0, 0.05) is 22.3 Å². The topological polar surface area (TPSA) is 71.9 Å². The molecular formula is C25H14F3N3O2. The molecule has 0 spiro atoms. The van der Waals surface area contributed by atoms with Gasteiger partial charge in [0.05, 0.1) is 11.6 Å². The molecule has 0 aliphatic carbocycles. The average molecular weight is 445 g/mol. The molecule has 4 aromatic rings. The van der Waals surface area contributed by atoms with Crippen LogP contribution in [0.5, 0.6) is 5.75 Å². The summed E-state index contributed by atoms with van der Waals surface area (Å²) in [5.41, 5.74) is 2.38. The van der Waals surface area contributed by atoms with Gasteiger partial charge in [-0.2, -0.15) is 14.0 Å². The third-order valence-corrected chi connectivity index (χ3v) is 4.50. The highest BCUT2D eigenvalue weighted by molar-refractivity contribution is 5.53. The first kappa shape index (κ1) is 21.7. The number of halogens is 3. The summed E-state index contributed by atoms with van der Waals surface area (Å²) < 4.78 is 50.2. The second-order valence-electron chi connectivity index (χ2n) is 6.81. The van der Waals surface area contributed by atoms with E-state index in [1.54, 1.807) is 42.5 Å². The number of nitrogens with zero attached hydrogens (tertiary/aromatic N) is 3. The maximum absolute atomic E-state index is 14.5. The van der Waals surface area contributed by atoms with Crippen molar-refractivity contribution in [2.45, 2.75) is 13.0 Å². The molecule has 0 fully saturated rings. The highest BCUT2D eigenvalue weighted by Gasteiger charge is 2.17. The van der Waals surface area contributed by atoms with Gasteiger partial charge in [-0.25, -0.2) is 4.39 Å². The molecule has 0 amide bonds. The fourth-order valence-electron chi connectivity index (χ4n) is 2.87. The molecule has 0 aliphatic rings. The van der Waals surface area contributed by atoms with E-state index in [0.717, 1.165) is 6.07 Å². The van der Waals surface area contributed by atoms with Gasteiger partial charge in [0.25, 0.3) is 5.89 Å². The predicted octanol–water partition coefficient (Wildman–Crippen LogP) is 5.66. The lowest BCUT2D eigenvalue weighted by molar-refractivity contribution is 0.116. The van der Waals surface area contributed by atoms with Crippen LogP contribution >= 0.6 is 0 Å². The van der Waals surface area contributed by atoms with Crippen LogP contribution in [0.2, 0.25) is 0 Å². The highest BCUT2D eigenvalue weighted by Crippen LogP contribution is 2.25. The second kappa shape index (κ2) is 9.71. The average Bonchev–Trinajstić information content (AvgIpc) is 3.33. The van der Waals surface area contributed by atoms with Crippen molar-refractivity contribution in [2.24, 2.45) is 0 Å². The summed E-state index contributed by atoms with van der Waals surface area (Å²) >= 11 is 0. The fraction of sp³-hybridized carbons (Fsp3) is 0.0800. The van der Waals surface area contributed by atoms with Crippen molar-refractivity contribution in [1.82, 2.24) is 10.2 Å². The second-order valence-corrected chi connectivity index (χ2v) is 6.81. The Bertz CT molecular complexity index is 1400. The van der Waals surface area contributed by atoms with Crippen molar-refractivity contribution < 1.29 is 22.3 Å². The first-order chi connectivity index (χ1) is 16.0. The molecule has 1 aromatic heterocycles. The summed E-state index contributed by atoms with van der Waals surface area (Å²) in [5, 5.41) is 15.7. The maximum atomic E-state index is 14.5. The van der Waals surface area contributed by atoms with Crippen LogP contribution in [0.3, 0.4) is 0 Å². The molecule has 0 radical (unpaired) electrons. The van der Waals surface area contributed by atoms with Crippen LogP contribution < -0.4 is 4.74 Å². The molecule has 0 aliphatic heterocycles. The molecule has 5 nitrogen and oxygen atoms in total. The Labute approximate surface area is 187 Å². The summed E-state index contributed by atoms with van der Waals surface area (Å²) in [7, 11) is 0. The van der Waals surface area contributed by atoms with Gasteiger partial charge in [0.2, 0.25) is 5.89 Å².